The van der Waals surface area contributed by atoms with Crippen molar-refractivity contribution in [3.63, 3.8) is 0 Å². The lowest BCUT2D eigenvalue weighted by Crippen LogP contribution is -2.48. The summed E-state index contributed by atoms with van der Waals surface area (Å²) in [5.74, 6) is -0.0439. The molecule has 4 nitrogen and oxygen atoms in total. The Morgan fingerprint density at radius 1 is 1.25 bits per heavy atom. The van der Waals surface area contributed by atoms with Gasteiger partial charge in [-0.3, -0.25) is 14.5 Å². The summed E-state index contributed by atoms with van der Waals surface area (Å²) in [6, 6.07) is 2.08. The molecular weight excluding hydrogens is 302 g/mol. The maximum absolute atomic E-state index is 12.4. The molecule has 1 aromatic rings. The van der Waals surface area contributed by atoms with E-state index in [1.807, 2.05) is 27.7 Å². The van der Waals surface area contributed by atoms with Crippen molar-refractivity contribution in [1.82, 2.24) is 4.90 Å². The number of hydrogen-bond acceptors (Lipinski definition) is 4. The van der Waals surface area contributed by atoms with Gasteiger partial charge in [-0.05, 0) is 83.2 Å². The van der Waals surface area contributed by atoms with Gasteiger partial charge in [0.2, 0.25) is 0 Å². The third-order valence-corrected chi connectivity index (χ3v) is 5.34. The summed E-state index contributed by atoms with van der Waals surface area (Å²) in [6.45, 7) is 13.5. The molecule has 0 aromatic heterocycles. The second-order valence-corrected chi connectivity index (χ2v) is 7.06. The number of hydrogen-bond donors (Lipinski definition) is 0. The van der Waals surface area contributed by atoms with Gasteiger partial charge in [-0.25, -0.2) is 0 Å². The first-order chi connectivity index (χ1) is 11.2. The molecule has 0 amide bonds. The van der Waals surface area contributed by atoms with Crippen molar-refractivity contribution < 1.29 is 14.3 Å². The zero-order valence-corrected chi connectivity index (χ0v) is 15.8. The highest BCUT2D eigenvalue weighted by Gasteiger charge is 2.44. The Morgan fingerprint density at radius 2 is 1.92 bits per heavy atom. The van der Waals surface area contributed by atoms with Crippen molar-refractivity contribution in [2.75, 3.05) is 13.2 Å². The van der Waals surface area contributed by atoms with Crippen LogP contribution >= 0.6 is 0 Å². The Hall–Kier alpha value is -1.68. The topological polar surface area (TPSA) is 46.6 Å². The third kappa shape index (κ3) is 3.25. The maximum atomic E-state index is 12.4. The predicted octanol–water partition coefficient (Wildman–Crippen LogP) is 3.73. The van der Waals surface area contributed by atoms with Crippen molar-refractivity contribution in [3.8, 4) is 0 Å². The summed E-state index contributed by atoms with van der Waals surface area (Å²) in [6.07, 6.45) is 1.80. The number of aryl methyl sites for hydroxylation is 2. The first-order valence-corrected chi connectivity index (χ1v) is 8.75. The quantitative estimate of drug-likeness (QED) is 0.609. The molecule has 0 unspecified atom stereocenters. The highest BCUT2D eigenvalue weighted by atomic mass is 16.5. The molecular formula is C20H29NO3. The summed E-state index contributed by atoms with van der Waals surface area (Å²) in [5.41, 5.74) is 4.63. The van der Waals surface area contributed by atoms with Crippen LogP contribution in [0.3, 0.4) is 0 Å². The Bertz CT molecular complexity index is 665. The van der Waals surface area contributed by atoms with E-state index in [4.69, 9.17) is 4.74 Å². The lowest BCUT2D eigenvalue weighted by molar-refractivity contribution is -0.155. The van der Waals surface area contributed by atoms with E-state index in [2.05, 4.69) is 17.9 Å². The van der Waals surface area contributed by atoms with Gasteiger partial charge in [-0.15, -0.1) is 0 Å². The highest BCUT2D eigenvalue weighted by molar-refractivity contribution is 5.97. The van der Waals surface area contributed by atoms with E-state index in [9.17, 15) is 9.59 Å². The second-order valence-electron chi connectivity index (χ2n) is 7.06. The molecule has 0 aliphatic carbocycles. The molecule has 1 aliphatic heterocycles. The number of esters is 1. The molecule has 24 heavy (non-hydrogen) atoms. The van der Waals surface area contributed by atoms with Crippen LogP contribution in [-0.4, -0.2) is 35.3 Å². The monoisotopic (exact) mass is 331 g/mol. The van der Waals surface area contributed by atoms with Crippen molar-refractivity contribution in [2.45, 2.75) is 66.5 Å². The maximum Gasteiger partial charge on any atom is 0.326 e. The average Bonchev–Trinajstić information content (AvgIpc) is 2.85. The molecule has 0 saturated carbocycles. The van der Waals surface area contributed by atoms with E-state index < -0.39 is 5.54 Å². The van der Waals surface area contributed by atoms with Crippen LogP contribution in [0.5, 0.6) is 0 Å². The third-order valence-electron chi connectivity index (χ3n) is 5.34. The molecule has 0 radical (unpaired) electrons. The minimum atomic E-state index is -0.573. The van der Waals surface area contributed by atoms with Crippen LogP contribution in [0.4, 0.5) is 0 Å². The number of nitrogens with zero attached hydrogens (tertiary/aromatic N) is 1. The number of benzene rings is 1. The molecule has 132 valence electrons. The van der Waals surface area contributed by atoms with Gasteiger partial charge in [0.15, 0.2) is 5.78 Å². The zero-order chi connectivity index (χ0) is 18.1. The molecule has 1 saturated heterocycles. The first-order valence-electron chi connectivity index (χ1n) is 8.75. The lowest BCUT2D eigenvalue weighted by Gasteiger charge is -2.34. The van der Waals surface area contributed by atoms with Gasteiger partial charge in [0.1, 0.15) is 5.54 Å². The normalized spacial score (nSPS) is 21.1. The Labute approximate surface area is 145 Å². The molecule has 1 heterocycles. The van der Waals surface area contributed by atoms with Crippen molar-refractivity contribution in [3.05, 3.63) is 33.9 Å². The summed E-state index contributed by atoms with van der Waals surface area (Å²) in [5, 5.41) is 0. The lowest BCUT2D eigenvalue weighted by atomic mass is 9.90. The van der Waals surface area contributed by atoms with E-state index >= 15 is 0 Å². The Morgan fingerprint density at radius 3 is 2.50 bits per heavy atom. The fourth-order valence-corrected chi connectivity index (χ4v) is 3.99. The molecule has 0 bridgehead atoms. The number of ketones is 1. The van der Waals surface area contributed by atoms with Crippen LogP contribution in [0.25, 0.3) is 0 Å². The van der Waals surface area contributed by atoms with Crippen LogP contribution in [0.2, 0.25) is 0 Å². The number of carbonyl (C=O) groups is 2. The van der Waals surface area contributed by atoms with Gasteiger partial charge >= 0.3 is 5.97 Å². The standard InChI is InChI=1S/C20H29NO3/c1-7-24-19(23)20(6)9-8-10-21(20)12-17-13(2)11-14(3)18(15(17)4)16(5)22/h11H,7-10,12H2,1-6H3/t20-/m0/s1. The van der Waals surface area contributed by atoms with Crippen molar-refractivity contribution in [1.29, 1.82) is 0 Å². The van der Waals surface area contributed by atoms with Crippen LogP contribution in [-0.2, 0) is 16.1 Å². The van der Waals surface area contributed by atoms with Gasteiger partial charge in [-0.2, -0.15) is 0 Å². The molecule has 2 rings (SSSR count). The van der Waals surface area contributed by atoms with Crippen LogP contribution in [0.1, 0.15) is 66.2 Å². The SMILES string of the molecule is CCOC(=O)[C@]1(C)CCCN1Cc1c(C)cc(C)c(C(C)=O)c1C. The molecule has 0 spiro atoms. The number of ether oxygens (including phenoxy) is 1. The fourth-order valence-electron chi connectivity index (χ4n) is 3.99. The largest absolute Gasteiger partial charge is 0.465 e. The molecule has 1 aromatic carbocycles. The van der Waals surface area contributed by atoms with Crippen molar-refractivity contribution >= 4 is 11.8 Å². The van der Waals surface area contributed by atoms with Gasteiger partial charge in [0.25, 0.3) is 0 Å². The zero-order valence-electron chi connectivity index (χ0n) is 15.8. The van der Waals surface area contributed by atoms with Gasteiger partial charge in [0, 0.05) is 12.1 Å². The van der Waals surface area contributed by atoms with Gasteiger partial charge < -0.3 is 4.74 Å². The fraction of sp³-hybridized carbons (Fsp3) is 0.600. The number of likely N-dealkylation sites (tertiary alicyclic amines) is 1. The van der Waals surface area contributed by atoms with E-state index in [0.717, 1.165) is 41.6 Å². The van der Waals surface area contributed by atoms with Crippen LogP contribution in [0.15, 0.2) is 6.07 Å². The minimum Gasteiger partial charge on any atom is -0.465 e. The Balaban J connectivity index is 2.39. The summed E-state index contributed by atoms with van der Waals surface area (Å²) in [4.78, 5) is 26.7. The summed E-state index contributed by atoms with van der Waals surface area (Å²) < 4.78 is 5.30. The second kappa shape index (κ2) is 7.06. The molecule has 1 fully saturated rings. The van der Waals surface area contributed by atoms with Crippen molar-refractivity contribution in [2.24, 2.45) is 0 Å². The van der Waals surface area contributed by atoms with E-state index in [1.54, 1.807) is 6.92 Å². The number of rotatable bonds is 5. The smallest absolute Gasteiger partial charge is 0.326 e. The highest BCUT2D eigenvalue weighted by Crippen LogP contribution is 2.34. The molecule has 1 atom stereocenters. The Kier molecular flexibility index (Phi) is 5.49. The molecule has 0 N–H and O–H groups in total. The minimum absolute atomic E-state index is 0.0980. The van der Waals surface area contributed by atoms with Gasteiger partial charge in [0.05, 0.1) is 6.61 Å². The van der Waals surface area contributed by atoms with Gasteiger partial charge in [-0.1, -0.05) is 6.07 Å². The molecule has 4 heteroatoms. The number of Topliss-reactive ketones (excluding diaryl/α,β-unsaturated/α-hetero) is 1. The number of carbonyl (C=O) groups excluding carboxylic acids is 2. The van der Waals surface area contributed by atoms with E-state index in [-0.39, 0.29) is 11.8 Å². The summed E-state index contributed by atoms with van der Waals surface area (Å²) >= 11 is 0. The van der Waals surface area contributed by atoms with Crippen LogP contribution in [0, 0.1) is 20.8 Å². The summed E-state index contributed by atoms with van der Waals surface area (Å²) in [7, 11) is 0. The average molecular weight is 331 g/mol. The van der Waals surface area contributed by atoms with E-state index in [1.165, 1.54) is 5.56 Å². The first kappa shape index (κ1) is 18.7. The predicted molar refractivity (Wildman–Crippen MR) is 95.3 cm³/mol. The molecule has 1 aliphatic rings. The van der Waals surface area contributed by atoms with E-state index in [0.29, 0.717) is 13.2 Å². The van der Waals surface area contributed by atoms with Crippen LogP contribution < -0.4 is 0 Å².